The lowest BCUT2D eigenvalue weighted by Gasteiger charge is -2.05. The maximum absolute atomic E-state index is 5.80. The molecular formula is C12H10BrN5O. The van der Waals surface area contributed by atoms with Crippen LogP contribution >= 0.6 is 15.9 Å². The third kappa shape index (κ3) is 2.01. The summed E-state index contributed by atoms with van der Waals surface area (Å²) in [6.07, 6.45) is 3.37. The number of nitrogens with two attached hydrogens (primary N) is 1. The summed E-state index contributed by atoms with van der Waals surface area (Å²) in [6.45, 7) is 0. The predicted molar refractivity (Wildman–Crippen MR) is 75.3 cm³/mol. The van der Waals surface area contributed by atoms with Gasteiger partial charge in [-0.1, -0.05) is 0 Å². The van der Waals surface area contributed by atoms with Gasteiger partial charge in [-0.05, 0) is 34.1 Å². The number of nitrogen functional groups attached to an aromatic ring is 1. The highest BCUT2D eigenvalue weighted by atomic mass is 79.9. The summed E-state index contributed by atoms with van der Waals surface area (Å²) in [5.74, 6) is 0.887. The molecule has 19 heavy (non-hydrogen) atoms. The van der Waals surface area contributed by atoms with Gasteiger partial charge in [0.05, 0.1) is 29.5 Å². The Bertz CT molecular complexity index is 755. The van der Waals surface area contributed by atoms with E-state index < -0.39 is 0 Å². The number of anilines is 1. The largest absolute Gasteiger partial charge is 0.480 e. The Balaban J connectivity index is 2.21. The number of fused-ring (bicyclic) bond motifs is 1. The fourth-order valence-electron chi connectivity index (χ4n) is 1.78. The average Bonchev–Trinajstić information content (AvgIpc) is 2.82. The van der Waals surface area contributed by atoms with Crippen LogP contribution in [-0.4, -0.2) is 26.9 Å². The van der Waals surface area contributed by atoms with Crippen molar-refractivity contribution in [2.75, 3.05) is 12.8 Å². The van der Waals surface area contributed by atoms with Crippen LogP contribution in [0.1, 0.15) is 0 Å². The molecule has 0 aliphatic rings. The number of benzene rings is 1. The molecule has 0 aliphatic heterocycles. The summed E-state index contributed by atoms with van der Waals surface area (Å²) in [6, 6.07) is 5.57. The van der Waals surface area contributed by atoms with E-state index in [9.17, 15) is 0 Å². The summed E-state index contributed by atoms with van der Waals surface area (Å²) >= 11 is 3.32. The summed E-state index contributed by atoms with van der Waals surface area (Å²) in [7, 11) is 1.55. The number of methoxy groups -OCH3 is 1. The highest BCUT2D eigenvalue weighted by molar-refractivity contribution is 9.10. The van der Waals surface area contributed by atoms with Crippen molar-refractivity contribution in [3.05, 3.63) is 35.1 Å². The van der Waals surface area contributed by atoms with Crippen molar-refractivity contribution >= 4 is 32.5 Å². The summed E-state index contributed by atoms with van der Waals surface area (Å²) in [5, 5.41) is 5.25. The zero-order valence-electron chi connectivity index (χ0n) is 10.0. The standard InChI is InChI=1S/C12H10BrN5O/c1-19-11-9(13)6-15-12(17-11)18-10-4-8(14)3-2-7(10)5-16-18/h2-6H,14H2,1H3. The van der Waals surface area contributed by atoms with E-state index in [4.69, 9.17) is 10.5 Å². The molecule has 0 saturated heterocycles. The fourth-order valence-corrected chi connectivity index (χ4v) is 2.14. The second kappa shape index (κ2) is 4.51. The van der Waals surface area contributed by atoms with Gasteiger partial charge >= 0.3 is 0 Å². The maximum atomic E-state index is 5.80. The average molecular weight is 320 g/mol. The van der Waals surface area contributed by atoms with Crippen molar-refractivity contribution in [1.82, 2.24) is 19.7 Å². The van der Waals surface area contributed by atoms with E-state index in [1.165, 1.54) is 0 Å². The quantitative estimate of drug-likeness (QED) is 0.732. The third-order valence-corrected chi connectivity index (χ3v) is 3.22. The van der Waals surface area contributed by atoms with Crippen LogP contribution in [0.5, 0.6) is 5.88 Å². The first-order valence-corrected chi connectivity index (χ1v) is 6.28. The molecule has 3 rings (SSSR count). The van der Waals surface area contributed by atoms with E-state index in [-0.39, 0.29) is 0 Å². The van der Waals surface area contributed by atoms with E-state index in [2.05, 4.69) is 31.0 Å². The minimum absolute atomic E-state index is 0.431. The Morgan fingerprint density at radius 3 is 2.95 bits per heavy atom. The molecule has 2 heterocycles. The van der Waals surface area contributed by atoms with Crippen molar-refractivity contribution < 1.29 is 4.74 Å². The van der Waals surface area contributed by atoms with Crippen molar-refractivity contribution in [1.29, 1.82) is 0 Å². The molecule has 0 spiro atoms. The zero-order valence-corrected chi connectivity index (χ0v) is 11.6. The van der Waals surface area contributed by atoms with Crippen molar-refractivity contribution in [3.8, 4) is 11.8 Å². The monoisotopic (exact) mass is 319 g/mol. The van der Waals surface area contributed by atoms with Gasteiger partial charge in [-0.3, -0.25) is 0 Å². The van der Waals surface area contributed by atoms with Gasteiger partial charge in [-0.2, -0.15) is 14.8 Å². The Morgan fingerprint density at radius 2 is 2.16 bits per heavy atom. The van der Waals surface area contributed by atoms with Gasteiger partial charge in [0.2, 0.25) is 5.88 Å². The second-order valence-electron chi connectivity index (χ2n) is 3.90. The molecule has 3 aromatic rings. The van der Waals surface area contributed by atoms with Crippen LogP contribution in [0.25, 0.3) is 16.9 Å². The maximum Gasteiger partial charge on any atom is 0.254 e. The van der Waals surface area contributed by atoms with Crippen LogP contribution in [0.15, 0.2) is 35.1 Å². The van der Waals surface area contributed by atoms with E-state index in [1.54, 1.807) is 24.2 Å². The minimum atomic E-state index is 0.431. The molecule has 0 radical (unpaired) electrons. The molecule has 0 saturated carbocycles. The number of hydrogen-bond donors (Lipinski definition) is 1. The van der Waals surface area contributed by atoms with Gasteiger partial charge in [0.15, 0.2) is 0 Å². The van der Waals surface area contributed by atoms with Crippen LogP contribution in [0.2, 0.25) is 0 Å². The van der Waals surface area contributed by atoms with Crippen LogP contribution < -0.4 is 10.5 Å². The molecule has 7 heteroatoms. The number of rotatable bonds is 2. The van der Waals surface area contributed by atoms with Crippen molar-refractivity contribution in [3.63, 3.8) is 0 Å². The number of aromatic nitrogens is 4. The fraction of sp³-hybridized carbons (Fsp3) is 0.0833. The van der Waals surface area contributed by atoms with Gasteiger partial charge in [0, 0.05) is 11.1 Å². The molecule has 6 nitrogen and oxygen atoms in total. The SMILES string of the molecule is COc1nc(-n2ncc3ccc(N)cc32)ncc1Br. The first-order chi connectivity index (χ1) is 9.19. The van der Waals surface area contributed by atoms with Gasteiger partial charge in [0.1, 0.15) is 0 Å². The predicted octanol–water partition coefficient (Wildman–Crippen LogP) is 2.17. The van der Waals surface area contributed by atoms with Crippen molar-refractivity contribution in [2.24, 2.45) is 0 Å². The Kier molecular flexibility index (Phi) is 2.83. The van der Waals surface area contributed by atoms with E-state index in [1.807, 2.05) is 18.2 Å². The molecule has 0 atom stereocenters. The van der Waals surface area contributed by atoms with E-state index in [0.29, 0.717) is 22.0 Å². The molecule has 0 fully saturated rings. The second-order valence-corrected chi connectivity index (χ2v) is 4.76. The first kappa shape index (κ1) is 11.9. The number of halogens is 1. The van der Waals surface area contributed by atoms with Crippen LogP contribution in [-0.2, 0) is 0 Å². The smallest absolute Gasteiger partial charge is 0.254 e. The molecular weight excluding hydrogens is 310 g/mol. The lowest BCUT2D eigenvalue weighted by molar-refractivity contribution is 0.393. The first-order valence-electron chi connectivity index (χ1n) is 5.49. The third-order valence-electron chi connectivity index (χ3n) is 2.68. The molecule has 0 unspecified atom stereocenters. The lowest BCUT2D eigenvalue weighted by atomic mass is 10.2. The molecule has 96 valence electrons. The summed E-state index contributed by atoms with van der Waals surface area (Å²) in [4.78, 5) is 8.52. The summed E-state index contributed by atoms with van der Waals surface area (Å²) < 4.78 is 7.47. The molecule has 2 N–H and O–H groups in total. The van der Waals surface area contributed by atoms with E-state index in [0.717, 1.165) is 10.9 Å². The molecule has 0 amide bonds. The number of ether oxygens (including phenoxy) is 1. The highest BCUT2D eigenvalue weighted by Crippen LogP contribution is 2.24. The van der Waals surface area contributed by atoms with Crippen LogP contribution in [0, 0.1) is 0 Å². The summed E-state index contributed by atoms with van der Waals surface area (Å²) in [5.41, 5.74) is 7.31. The van der Waals surface area contributed by atoms with Gasteiger partial charge < -0.3 is 10.5 Å². The molecule has 0 bridgehead atoms. The van der Waals surface area contributed by atoms with Gasteiger partial charge in [0.25, 0.3) is 5.95 Å². The van der Waals surface area contributed by atoms with Gasteiger partial charge in [-0.15, -0.1) is 0 Å². The van der Waals surface area contributed by atoms with E-state index >= 15 is 0 Å². The minimum Gasteiger partial charge on any atom is -0.480 e. The topological polar surface area (TPSA) is 78.8 Å². The zero-order chi connectivity index (χ0) is 13.4. The Labute approximate surface area is 117 Å². The molecule has 2 aromatic heterocycles. The normalized spacial score (nSPS) is 10.8. The number of hydrogen-bond acceptors (Lipinski definition) is 5. The molecule has 1 aromatic carbocycles. The number of nitrogens with zero attached hydrogens (tertiary/aromatic N) is 4. The molecule has 0 aliphatic carbocycles. The lowest BCUT2D eigenvalue weighted by Crippen LogP contribution is -2.04. The highest BCUT2D eigenvalue weighted by Gasteiger charge is 2.10. The van der Waals surface area contributed by atoms with Crippen LogP contribution in [0.4, 0.5) is 5.69 Å². The Hall–Kier alpha value is -2.15. The Morgan fingerprint density at radius 1 is 1.32 bits per heavy atom. The van der Waals surface area contributed by atoms with Gasteiger partial charge in [-0.25, -0.2) is 4.98 Å². The van der Waals surface area contributed by atoms with Crippen molar-refractivity contribution in [2.45, 2.75) is 0 Å². The van der Waals surface area contributed by atoms with Crippen LogP contribution in [0.3, 0.4) is 0 Å².